The third-order valence-electron chi connectivity index (χ3n) is 4.71. The lowest BCUT2D eigenvalue weighted by molar-refractivity contribution is 0.256. The first-order chi connectivity index (χ1) is 16.3. The third kappa shape index (κ3) is 5.34. The van der Waals surface area contributed by atoms with Gasteiger partial charge in [0.25, 0.3) is 15.6 Å². The lowest BCUT2D eigenvalue weighted by Crippen LogP contribution is -2.33. The number of aromatic nitrogens is 1. The number of nitrogens with two attached hydrogens (primary N) is 1. The summed E-state index contributed by atoms with van der Waals surface area (Å²) in [5, 5.41) is 8.17. The van der Waals surface area contributed by atoms with Gasteiger partial charge in [-0.3, -0.25) is 9.36 Å². The number of nitrogens with one attached hydrogen (secondary N) is 2. The molecule has 182 valence electrons. The zero-order valence-corrected chi connectivity index (χ0v) is 21.2. The van der Waals surface area contributed by atoms with Gasteiger partial charge >= 0.3 is 6.03 Å². The highest BCUT2D eigenvalue weighted by molar-refractivity contribution is 7.92. The number of halogens is 2. The fourth-order valence-corrected chi connectivity index (χ4v) is 6.34. The van der Waals surface area contributed by atoms with Gasteiger partial charge in [-0.25, -0.2) is 31.5 Å². The number of amides is 2. The summed E-state index contributed by atoms with van der Waals surface area (Å²) in [4.78, 5) is 25.0. The van der Waals surface area contributed by atoms with E-state index in [0.717, 1.165) is 11.3 Å². The fraction of sp³-hybridized carbons (Fsp3) is 0. The number of fused-ring (bicyclic) bond motifs is 1. The molecule has 0 saturated heterocycles. The van der Waals surface area contributed by atoms with Crippen molar-refractivity contribution in [3.05, 3.63) is 80.5 Å². The second-order valence-corrected chi connectivity index (χ2v) is 12.7. The van der Waals surface area contributed by atoms with E-state index in [-0.39, 0.29) is 35.2 Å². The number of thiophene rings is 1. The van der Waals surface area contributed by atoms with Gasteiger partial charge < -0.3 is 5.32 Å². The van der Waals surface area contributed by atoms with Crippen molar-refractivity contribution in [2.45, 2.75) is 9.10 Å². The minimum absolute atomic E-state index is 0.0553. The van der Waals surface area contributed by atoms with Gasteiger partial charge in [-0.05, 0) is 53.9 Å². The van der Waals surface area contributed by atoms with Crippen molar-refractivity contribution in [3.8, 4) is 5.69 Å². The molecule has 4 aromatic rings. The molecule has 0 spiro atoms. The number of carbonyl (C=O) groups excluding carboxylic acids is 1. The molecule has 0 aliphatic carbocycles. The number of pyridine rings is 1. The second-order valence-electron chi connectivity index (χ2n) is 7.07. The molecule has 0 saturated carbocycles. The predicted octanol–water partition coefficient (Wildman–Crippen LogP) is 3.52. The number of hydrogen-bond donors (Lipinski definition) is 3. The summed E-state index contributed by atoms with van der Waals surface area (Å²) in [6.45, 7) is 0. The standard InChI is InChI=1S/C20H14Cl2N4O6S3/c21-15-9-12(24-20(28)25-35(31,32)18-6-5-17(22)33-18)2-4-16(15)26-8-7-11-1-3-13(34(23,29)30)10-14(11)19(26)27/h1-10H,(H2,23,29,30)(H2,24,25,28). The summed E-state index contributed by atoms with van der Waals surface area (Å²) in [6, 6.07) is 11.3. The number of primary sulfonamides is 1. The molecule has 0 unspecified atom stereocenters. The summed E-state index contributed by atoms with van der Waals surface area (Å²) >= 11 is 12.9. The van der Waals surface area contributed by atoms with Crippen molar-refractivity contribution >= 4 is 77.1 Å². The third-order valence-corrected chi connectivity index (χ3v) is 8.98. The maximum atomic E-state index is 13.0. The largest absolute Gasteiger partial charge is 0.333 e. The van der Waals surface area contributed by atoms with E-state index in [1.165, 1.54) is 59.3 Å². The van der Waals surface area contributed by atoms with E-state index in [9.17, 15) is 26.4 Å². The normalized spacial score (nSPS) is 12.0. The highest BCUT2D eigenvalue weighted by Crippen LogP contribution is 2.27. The maximum absolute atomic E-state index is 13.0. The number of hydrogen-bond acceptors (Lipinski definition) is 7. The van der Waals surface area contributed by atoms with Crippen LogP contribution in [-0.2, 0) is 20.0 Å². The second kappa shape index (κ2) is 9.26. The molecule has 2 heterocycles. The first kappa shape index (κ1) is 25.2. The Bertz CT molecular complexity index is 1770. The molecule has 2 aromatic carbocycles. The summed E-state index contributed by atoms with van der Waals surface area (Å²) in [5.74, 6) is 0. The van der Waals surface area contributed by atoms with E-state index < -0.39 is 31.6 Å². The molecule has 0 aliphatic heterocycles. The van der Waals surface area contributed by atoms with Crippen LogP contribution < -0.4 is 20.7 Å². The molecule has 4 rings (SSSR count). The molecule has 2 amide bonds. The minimum atomic E-state index is -4.12. The van der Waals surface area contributed by atoms with Crippen molar-refractivity contribution < 1.29 is 21.6 Å². The average Bonchev–Trinajstić information content (AvgIpc) is 3.21. The number of sulfonamides is 2. The number of urea groups is 1. The van der Waals surface area contributed by atoms with Gasteiger partial charge in [-0.15, -0.1) is 11.3 Å². The van der Waals surface area contributed by atoms with Crippen molar-refractivity contribution in [3.63, 3.8) is 0 Å². The van der Waals surface area contributed by atoms with Crippen LogP contribution in [0.3, 0.4) is 0 Å². The quantitative estimate of drug-likeness (QED) is 0.332. The first-order valence-corrected chi connectivity index (χ1v) is 14.0. The number of rotatable bonds is 5. The Labute approximate surface area is 213 Å². The SMILES string of the molecule is NS(=O)(=O)c1ccc2ccn(-c3ccc(NC(=O)NS(=O)(=O)c4ccc(Cl)s4)cc3Cl)c(=O)c2c1. The van der Waals surface area contributed by atoms with Gasteiger partial charge in [-0.2, -0.15) is 0 Å². The van der Waals surface area contributed by atoms with E-state index in [4.69, 9.17) is 28.3 Å². The Morgan fingerprint density at radius 2 is 1.71 bits per heavy atom. The van der Waals surface area contributed by atoms with Crippen LogP contribution in [0.25, 0.3) is 16.5 Å². The highest BCUT2D eigenvalue weighted by Gasteiger charge is 2.20. The van der Waals surface area contributed by atoms with Crippen LogP contribution >= 0.6 is 34.5 Å². The topological polar surface area (TPSA) is 157 Å². The molecule has 4 N–H and O–H groups in total. The molecule has 0 atom stereocenters. The Balaban J connectivity index is 1.61. The Morgan fingerprint density at radius 3 is 2.34 bits per heavy atom. The first-order valence-electron chi connectivity index (χ1n) is 9.42. The zero-order valence-electron chi connectivity index (χ0n) is 17.2. The molecular weight excluding hydrogens is 559 g/mol. The van der Waals surface area contributed by atoms with Crippen LogP contribution in [0.4, 0.5) is 10.5 Å². The average molecular weight is 573 g/mol. The van der Waals surface area contributed by atoms with E-state index in [1.54, 1.807) is 6.07 Å². The molecule has 35 heavy (non-hydrogen) atoms. The number of anilines is 1. The Morgan fingerprint density at radius 1 is 0.971 bits per heavy atom. The van der Waals surface area contributed by atoms with Crippen LogP contribution in [-0.4, -0.2) is 27.4 Å². The number of benzene rings is 2. The molecule has 15 heteroatoms. The van der Waals surface area contributed by atoms with Gasteiger partial charge in [-0.1, -0.05) is 29.3 Å². The zero-order chi connectivity index (χ0) is 25.5. The molecule has 10 nitrogen and oxygen atoms in total. The van der Waals surface area contributed by atoms with Gasteiger partial charge in [0.15, 0.2) is 0 Å². The monoisotopic (exact) mass is 572 g/mol. The molecule has 0 radical (unpaired) electrons. The summed E-state index contributed by atoms with van der Waals surface area (Å²) < 4.78 is 51.0. The molecular formula is C20H14Cl2N4O6S3. The maximum Gasteiger partial charge on any atom is 0.333 e. The molecule has 0 bridgehead atoms. The van der Waals surface area contributed by atoms with Crippen LogP contribution in [0.5, 0.6) is 0 Å². The van der Waals surface area contributed by atoms with E-state index in [0.29, 0.717) is 5.39 Å². The van der Waals surface area contributed by atoms with Gasteiger partial charge in [0.05, 0.1) is 19.9 Å². The lowest BCUT2D eigenvalue weighted by Gasteiger charge is -2.12. The van der Waals surface area contributed by atoms with Crippen LogP contribution in [0.1, 0.15) is 0 Å². The number of nitrogens with zero attached hydrogens (tertiary/aromatic N) is 1. The molecule has 2 aromatic heterocycles. The van der Waals surface area contributed by atoms with Crippen LogP contribution in [0, 0.1) is 0 Å². The summed E-state index contributed by atoms with van der Waals surface area (Å²) in [5.41, 5.74) is -0.151. The van der Waals surface area contributed by atoms with Crippen molar-refractivity contribution in [2.75, 3.05) is 5.32 Å². The Hall–Kier alpha value is -2.94. The number of carbonyl (C=O) groups is 1. The molecule has 0 fully saturated rings. The van der Waals surface area contributed by atoms with Gasteiger partial charge in [0.1, 0.15) is 4.21 Å². The molecule has 0 aliphatic rings. The highest BCUT2D eigenvalue weighted by atomic mass is 35.5. The summed E-state index contributed by atoms with van der Waals surface area (Å²) in [7, 11) is -8.13. The van der Waals surface area contributed by atoms with Gasteiger partial charge in [0.2, 0.25) is 10.0 Å². The van der Waals surface area contributed by atoms with Crippen LogP contribution in [0.2, 0.25) is 9.36 Å². The predicted molar refractivity (Wildman–Crippen MR) is 135 cm³/mol. The summed E-state index contributed by atoms with van der Waals surface area (Å²) in [6.07, 6.45) is 1.46. The van der Waals surface area contributed by atoms with Gasteiger partial charge in [0, 0.05) is 17.3 Å². The fourth-order valence-electron chi connectivity index (χ4n) is 3.14. The van der Waals surface area contributed by atoms with Crippen LogP contribution in [0.15, 0.2) is 74.7 Å². The van der Waals surface area contributed by atoms with Crippen molar-refractivity contribution in [1.82, 2.24) is 9.29 Å². The smallest absolute Gasteiger partial charge is 0.307 e. The lowest BCUT2D eigenvalue weighted by atomic mass is 10.1. The minimum Gasteiger partial charge on any atom is -0.307 e. The van der Waals surface area contributed by atoms with Crippen molar-refractivity contribution in [2.24, 2.45) is 5.14 Å². The van der Waals surface area contributed by atoms with E-state index in [1.807, 2.05) is 4.72 Å². The Kier molecular flexibility index (Phi) is 6.66. The van der Waals surface area contributed by atoms with E-state index >= 15 is 0 Å². The van der Waals surface area contributed by atoms with Crippen molar-refractivity contribution in [1.29, 1.82) is 0 Å². The van der Waals surface area contributed by atoms with E-state index in [2.05, 4.69) is 5.32 Å².